The van der Waals surface area contributed by atoms with E-state index in [4.69, 9.17) is 0 Å². The number of aliphatic hydroxyl groups excluding tert-OH is 1. The van der Waals surface area contributed by atoms with Crippen molar-refractivity contribution >= 4 is 22.8 Å². The van der Waals surface area contributed by atoms with Crippen molar-refractivity contribution in [1.82, 2.24) is 20.8 Å². The Morgan fingerprint density at radius 3 is 2.46 bits per heavy atom. The van der Waals surface area contributed by atoms with Gasteiger partial charge in [0.25, 0.3) is 5.91 Å². The smallest absolute Gasteiger partial charge is 0.271 e. The van der Waals surface area contributed by atoms with Gasteiger partial charge in [-0.15, -0.1) is 0 Å². The van der Waals surface area contributed by atoms with Crippen LogP contribution in [0.15, 0.2) is 54.7 Å². The Balaban J connectivity index is 1.60. The van der Waals surface area contributed by atoms with Gasteiger partial charge in [0, 0.05) is 5.92 Å². The van der Waals surface area contributed by atoms with Gasteiger partial charge in [-0.25, -0.2) is 10.5 Å². The van der Waals surface area contributed by atoms with Gasteiger partial charge in [0.15, 0.2) is 0 Å². The van der Waals surface area contributed by atoms with E-state index < -0.39 is 35.5 Å². The Morgan fingerprint density at radius 1 is 1.05 bits per heavy atom. The van der Waals surface area contributed by atoms with Crippen LogP contribution in [-0.4, -0.2) is 49.3 Å². The second-order valence-corrected chi connectivity index (χ2v) is 11.1. The number of hydrogen-bond donors (Lipinski definition) is 5. The summed E-state index contributed by atoms with van der Waals surface area (Å²) in [5, 5.41) is 34.3. The van der Waals surface area contributed by atoms with Crippen LogP contribution < -0.4 is 10.8 Å². The maximum atomic E-state index is 13.3. The number of carbonyl (C=O) groups excluding carboxylic acids is 2. The van der Waals surface area contributed by atoms with E-state index in [-0.39, 0.29) is 24.5 Å². The lowest BCUT2D eigenvalue weighted by atomic mass is 9.76. The molecule has 1 fully saturated rings. The van der Waals surface area contributed by atoms with Crippen LogP contribution in [0.25, 0.3) is 11.0 Å². The normalized spacial score (nSPS) is 16.8. The van der Waals surface area contributed by atoms with Crippen molar-refractivity contribution in [3.8, 4) is 0 Å². The maximum absolute atomic E-state index is 13.3. The molecular formula is C30H38N4O5. The van der Waals surface area contributed by atoms with E-state index in [1.54, 1.807) is 25.4 Å². The summed E-state index contributed by atoms with van der Waals surface area (Å²) >= 11 is 0. The molecule has 9 heteroatoms. The predicted octanol–water partition coefficient (Wildman–Crippen LogP) is 3.65. The summed E-state index contributed by atoms with van der Waals surface area (Å²) in [5.41, 5.74) is 3.61. The third-order valence-electron chi connectivity index (χ3n) is 7.71. The Hall–Kier alpha value is -3.40. The monoisotopic (exact) mass is 534 g/mol. The lowest BCUT2D eigenvalue weighted by Gasteiger charge is -2.32. The van der Waals surface area contributed by atoms with Crippen molar-refractivity contribution in [2.24, 2.45) is 11.8 Å². The summed E-state index contributed by atoms with van der Waals surface area (Å²) in [6.07, 6.45) is 5.46. The number of aromatic nitrogens is 2. The maximum Gasteiger partial charge on any atom is 0.271 e. The Bertz CT molecular complexity index is 1290. The van der Waals surface area contributed by atoms with Gasteiger partial charge in [-0.1, -0.05) is 55.7 Å². The fourth-order valence-corrected chi connectivity index (χ4v) is 5.48. The average Bonchev–Trinajstić information content (AvgIpc) is 2.94. The molecule has 39 heavy (non-hydrogen) atoms. The molecule has 1 aliphatic carbocycles. The zero-order valence-electron chi connectivity index (χ0n) is 22.5. The molecule has 0 saturated heterocycles. The molecule has 208 valence electrons. The number of hydroxylamine groups is 1. The zero-order chi connectivity index (χ0) is 28.0. The zero-order valence-corrected chi connectivity index (χ0v) is 22.5. The fraction of sp³-hybridized carbons (Fsp3) is 0.467. The minimum Gasteiger partial charge on any atom is -0.391 e. The summed E-state index contributed by atoms with van der Waals surface area (Å²) in [4.78, 5) is 34.7. The van der Waals surface area contributed by atoms with E-state index in [2.05, 4.69) is 15.3 Å². The van der Waals surface area contributed by atoms with Crippen LogP contribution in [0, 0.1) is 11.8 Å². The molecule has 4 rings (SSSR count). The molecular weight excluding hydrogens is 496 g/mol. The molecule has 2 aromatic carbocycles. The highest BCUT2D eigenvalue weighted by atomic mass is 16.5. The molecule has 9 nitrogen and oxygen atoms in total. The van der Waals surface area contributed by atoms with Crippen LogP contribution in [0.1, 0.15) is 74.0 Å². The van der Waals surface area contributed by atoms with Crippen molar-refractivity contribution < 1.29 is 25.0 Å². The van der Waals surface area contributed by atoms with Crippen LogP contribution in [0.2, 0.25) is 0 Å². The number of rotatable bonds is 10. The van der Waals surface area contributed by atoms with E-state index >= 15 is 0 Å². The first-order valence-electron chi connectivity index (χ1n) is 13.6. The van der Waals surface area contributed by atoms with Crippen LogP contribution in [-0.2, 0) is 16.8 Å². The van der Waals surface area contributed by atoms with E-state index in [1.165, 1.54) is 6.20 Å². The van der Waals surface area contributed by atoms with Crippen LogP contribution in [0.5, 0.6) is 0 Å². The van der Waals surface area contributed by atoms with Crippen LogP contribution in [0.3, 0.4) is 0 Å². The van der Waals surface area contributed by atoms with E-state index in [1.807, 2.05) is 42.5 Å². The number of nitrogens with one attached hydrogen (secondary N) is 2. The first-order valence-corrected chi connectivity index (χ1v) is 13.6. The first-order chi connectivity index (χ1) is 18.7. The lowest BCUT2D eigenvalue weighted by molar-refractivity contribution is -0.137. The average molecular weight is 535 g/mol. The number of fused-ring (bicyclic) bond motifs is 1. The lowest BCUT2D eigenvalue weighted by Crippen LogP contribution is -2.47. The number of benzene rings is 2. The van der Waals surface area contributed by atoms with E-state index in [0.29, 0.717) is 16.6 Å². The molecule has 3 atom stereocenters. The molecule has 1 aliphatic rings. The Kier molecular flexibility index (Phi) is 9.27. The van der Waals surface area contributed by atoms with Gasteiger partial charge >= 0.3 is 0 Å². The molecule has 0 spiro atoms. The summed E-state index contributed by atoms with van der Waals surface area (Å²) < 4.78 is 0. The second kappa shape index (κ2) is 12.6. The van der Waals surface area contributed by atoms with Crippen molar-refractivity contribution in [3.63, 3.8) is 0 Å². The van der Waals surface area contributed by atoms with Crippen molar-refractivity contribution in [1.29, 1.82) is 0 Å². The highest BCUT2D eigenvalue weighted by Gasteiger charge is 2.34. The third-order valence-corrected chi connectivity index (χ3v) is 7.71. The quantitative estimate of drug-likeness (QED) is 0.197. The molecule has 3 unspecified atom stereocenters. The second-order valence-electron chi connectivity index (χ2n) is 11.1. The summed E-state index contributed by atoms with van der Waals surface area (Å²) in [6, 6.07) is 13.8. The van der Waals surface area contributed by atoms with Crippen molar-refractivity contribution in [2.75, 3.05) is 0 Å². The topological polar surface area (TPSA) is 145 Å². The van der Waals surface area contributed by atoms with Gasteiger partial charge in [0.05, 0.1) is 35.0 Å². The van der Waals surface area contributed by atoms with Gasteiger partial charge in [-0.3, -0.25) is 19.8 Å². The summed E-state index contributed by atoms with van der Waals surface area (Å²) in [6.45, 7) is 3.39. The molecule has 5 N–H and O–H groups in total. The number of amides is 2. The molecule has 0 bridgehead atoms. The molecule has 3 aromatic rings. The largest absolute Gasteiger partial charge is 0.391 e. The van der Waals surface area contributed by atoms with E-state index in [0.717, 1.165) is 37.7 Å². The van der Waals surface area contributed by atoms with Gasteiger partial charge in [0.2, 0.25) is 5.91 Å². The number of para-hydroxylation sites is 2. The molecule has 1 aromatic heterocycles. The minimum absolute atomic E-state index is 0.0433. The molecule has 0 radical (unpaired) electrons. The summed E-state index contributed by atoms with van der Waals surface area (Å²) in [7, 11) is 0. The Labute approximate surface area is 228 Å². The van der Waals surface area contributed by atoms with Crippen LogP contribution in [0.4, 0.5) is 0 Å². The summed E-state index contributed by atoms with van der Waals surface area (Å²) in [5.74, 6) is -1.55. The van der Waals surface area contributed by atoms with Crippen molar-refractivity contribution in [2.45, 2.75) is 76.5 Å². The van der Waals surface area contributed by atoms with E-state index in [9.17, 15) is 25.0 Å². The first kappa shape index (κ1) is 28.6. The van der Waals surface area contributed by atoms with Gasteiger partial charge in [-0.2, -0.15) is 0 Å². The molecule has 0 aliphatic heterocycles. The standard InChI is InChI=1S/C30H38N4O5/c1-30(2,38)21-12-8-9-19(15-21)16-25(27(35)17-22(28(36)34-39)20-10-4-3-5-11-20)33-29(37)26-18-31-23-13-6-7-14-24(23)32-26/h6-9,12-15,18,20,22,25,27,35,38-39H,3-5,10-11,16-17H2,1-2H3,(H,33,37)(H,34,36). The molecule has 2 amide bonds. The van der Waals surface area contributed by atoms with Gasteiger partial charge in [-0.05, 0) is 68.7 Å². The number of nitrogens with zero attached hydrogens (tertiary/aromatic N) is 2. The fourth-order valence-electron chi connectivity index (χ4n) is 5.48. The number of aliphatic hydroxyl groups is 2. The third kappa shape index (κ3) is 7.38. The number of carbonyl (C=O) groups is 2. The Morgan fingerprint density at radius 2 is 1.77 bits per heavy atom. The van der Waals surface area contributed by atoms with Crippen LogP contribution >= 0.6 is 0 Å². The van der Waals surface area contributed by atoms with Gasteiger partial charge in [0.1, 0.15) is 5.69 Å². The SMILES string of the molecule is CC(C)(O)c1cccc(CC(NC(=O)c2cnc3ccccc3n2)C(O)CC(C(=O)NO)C2CCCCC2)c1. The molecule has 1 saturated carbocycles. The molecule has 1 heterocycles. The minimum atomic E-state index is -1.09. The van der Waals surface area contributed by atoms with Crippen molar-refractivity contribution in [3.05, 3.63) is 71.5 Å². The highest BCUT2D eigenvalue weighted by Crippen LogP contribution is 2.33. The van der Waals surface area contributed by atoms with Gasteiger partial charge < -0.3 is 15.5 Å². The number of hydrogen-bond acceptors (Lipinski definition) is 7. The highest BCUT2D eigenvalue weighted by molar-refractivity contribution is 5.94. The predicted molar refractivity (Wildman–Crippen MR) is 147 cm³/mol.